The molecular weight excluding hydrogens is 456 g/mol. The predicted molar refractivity (Wildman–Crippen MR) is 125 cm³/mol. The summed E-state index contributed by atoms with van der Waals surface area (Å²) in [6.45, 7) is 2.59. The number of benzene rings is 2. The van der Waals surface area contributed by atoms with Gasteiger partial charge in [0.05, 0.1) is 24.5 Å². The van der Waals surface area contributed by atoms with Gasteiger partial charge in [-0.3, -0.25) is 4.79 Å². The van der Waals surface area contributed by atoms with E-state index in [4.69, 9.17) is 9.26 Å². The van der Waals surface area contributed by atoms with Crippen molar-refractivity contribution in [1.29, 1.82) is 0 Å². The Kier molecular flexibility index (Phi) is 6.99. The fourth-order valence-corrected chi connectivity index (χ4v) is 5.54. The van der Waals surface area contributed by atoms with E-state index in [0.717, 1.165) is 11.1 Å². The van der Waals surface area contributed by atoms with E-state index in [9.17, 15) is 13.2 Å². The molecule has 0 saturated carbocycles. The molecule has 2 aromatic carbocycles. The number of carbonyl (C=O) groups is 1. The second-order valence-electron chi connectivity index (χ2n) is 8.45. The largest absolute Gasteiger partial charge is 0.497 e. The van der Waals surface area contributed by atoms with Gasteiger partial charge in [-0.2, -0.15) is 9.29 Å². The lowest BCUT2D eigenvalue weighted by Crippen LogP contribution is -2.45. The molecule has 4 rings (SSSR count). The fraction of sp³-hybridized carbons (Fsp3) is 0.375. The maximum atomic E-state index is 13.1. The molecule has 1 aliphatic heterocycles. The second kappa shape index (κ2) is 9.94. The lowest BCUT2D eigenvalue weighted by atomic mass is 9.98. The Bertz CT molecular complexity index is 1260. The number of sulfonamides is 1. The smallest absolute Gasteiger partial charge is 0.246 e. The molecule has 1 aliphatic rings. The monoisotopic (exact) mass is 484 g/mol. The van der Waals surface area contributed by atoms with Gasteiger partial charge in [0.15, 0.2) is 0 Å². The van der Waals surface area contributed by atoms with Gasteiger partial charge in [-0.15, -0.1) is 0 Å². The van der Waals surface area contributed by atoms with E-state index in [0.29, 0.717) is 36.9 Å². The van der Waals surface area contributed by atoms with Crippen molar-refractivity contribution >= 4 is 15.9 Å². The van der Waals surface area contributed by atoms with Gasteiger partial charge < -0.3 is 14.2 Å². The zero-order valence-corrected chi connectivity index (χ0v) is 20.3. The van der Waals surface area contributed by atoms with Crippen LogP contribution in [0.5, 0.6) is 5.75 Å². The highest BCUT2D eigenvalue weighted by Crippen LogP contribution is 2.26. The van der Waals surface area contributed by atoms with Gasteiger partial charge in [0.2, 0.25) is 27.6 Å². The standard InChI is InChI=1S/C24H28N4O5S/c1-17-9-11-21(12-10-17)34(30,31)28-13-5-7-19(15-28)24(29)27(2)16-22-25-23(26-33-22)18-6-4-8-20(14-18)32-3/h4,6,8-12,14,19H,5,7,13,15-16H2,1-3H3/t19-/m1/s1. The molecule has 0 aliphatic carbocycles. The molecule has 180 valence electrons. The lowest BCUT2D eigenvalue weighted by Gasteiger charge is -2.33. The van der Waals surface area contributed by atoms with Crippen LogP contribution in [-0.4, -0.2) is 60.9 Å². The number of aryl methyl sites for hydroxylation is 1. The minimum atomic E-state index is -3.65. The maximum absolute atomic E-state index is 13.1. The molecule has 2 heterocycles. The highest BCUT2D eigenvalue weighted by molar-refractivity contribution is 7.89. The number of rotatable bonds is 7. The van der Waals surface area contributed by atoms with E-state index < -0.39 is 15.9 Å². The van der Waals surface area contributed by atoms with E-state index in [1.165, 1.54) is 9.21 Å². The maximum Gasteiger partial charge on any atom is 0.246 e. The van der Waals surface area contributed by atoms with Crippen molar-refractivity contribution in [3.63, 3.8) is 0 Å². The molecule has 1 fully saturated rings. The van der Waals surface area contributed by atoms with E-state index in [1.54, 1.807) is 44.5 Å². The van der Waals surface area contributed by atoms with Crippen molar-refractivity contribution in [3.05, 3.63) is 60.0 Å². The number of piperidine rings is 1. The van der Waals surface area contributed by atoms with Crippen LogP contribution in [0.25, 0.3) is 11.4 Å². The predicted octanol–water partition coefficient (Wildman–Crippen LogP) is 3.11. The van der Waals surface area contributed by atoms with Crippen LogP contribution in [0.1, 0.15) is 24.3 Å². The Balaban J connectivity index is 1.41. The minimum Gasteiger partial charge on any atom is -0.497 e. The molecule has 1 aromatic heterocycles. The average Bonchev–Trinajstić information content (AvgIpc) is 3.32. The molecule has 0 bridgehead atoms. The van der Waals surface area contributed by atoms with Gasteiger partial charge in [-0.25, -0.2) is 8.42 Å². The fourth-order valence-electron chi connectivity index (χ4n) is 4.01. The number of nitrogens with zero attached hydrogens (tertiary/aromatic N) is 4. The minimum absolute atomic E-state index is 0.136. The van der Waals surface area contributed by atoms with Crippen molar-refractivity contribution in [3.8, 4) is 17.1 Å². The van der Waals surface area contributed by atoms with Crippen molar-refractivity contribution in [2.45, 2.75) is 31.2 Å². The van der Waals surface area contributed by atoms with Crippen LogP contribution < -0.4 is 4.74 Å². The zero-order valence-electron chi connectivity index (χ0n) is 19.5. The molecule has 0 N–H and O–H groups in total. The molecule has 3 aromatic rings. The Morgan fingerprint density at radius 2 is 2.00 bits per heavy atom. The third-order valence-corrected chi connectivity index (χ3v) is 7.82. The normalized spacial score (nSPS) is 16.9. The Hall–Kier alpha value is -3.24. The molecule has 0 unspecified atom stereocenters. The molecule has 1 saturated heterocycles. The van der Waals surface area contributed by atoms with Gasteiger partial charge in [0.1, 0.15) is 5.75 Å². The van der Waals surface area contributed by atoms with Crippen LogP contribution in [0.3, 0.4) is 0 Å². The number of carbonyl (C=O) groups excluding carboxylic acids is 1. The highest BCUT2D eigenvalue weighted by atomic mass is 32.2. The second-order valence-corrected chi connectivity index (χ2v) is 10.4. The lowest BCUT2D eigenvalue weighted by molar-refractivity contribution is -0.136. The number of amides is 1. The van der Waals surface area contributed by atoms with Crippen molar-refractivity contribution < 1.29 is 22.5 Å². The number of ether oxygens (including phenoxy) is 1. The number of hydrogen-bond acceptors (Lipinski definition) is 7. The Morgan fingerprint density at radius 3 is 2.74 bits per heavy atom. The summed E-state index contributed by atoms with van der Waals surface area (Å²) >= 11 is 0. The molecular formula is C24H28N4O5S. The summed E-state index contributed by atoms with van der Waals surface area (Å²) in [5.41, 5.74) is 1.73. The Morgan fingerprint density at radius 1 is 1.24 bits per heavy atom. The van der Waals surface area contributed by atoms with Crippen molar-refractivity contribution in [2.24, 2.45) is 5.92 Å². The molecule has 0 spiro atoms. The van der Waals surface area contributed by atoms with E-state index in [1.807, 2.05) is 25.1 Å². The molecule has 1 amide bonds. The molecule has 1 atom stereocenters. The number of methoxy groups -OCH3 is 1. The van der Waals surface area contributed by atoms with Crippen LogP contribution in [0, 0.1) is 12.8 Å². The SMILES string of the molecule is COc1cccc(-c2noc(CN(C)C(=O)[C@@H]3CCCN(S(=O)(=O)c4ccc(C)cc4)C3)n2)c1. The molecule has 0 radical (unpaired) electrons. The van der Waals surface area contributed by atoms with Gasteiger partial charge in [0.25, 0.3) is 0 Å². The first kappa shape index (κ1) is 23.9. The summed E-state index contributed by atoms with van der Waals surface area (Å²) in [7, 11) is -0.410. The first-order chi connectivity index (χ1) is 16.3. The Labute approximate surface area is 199 Å². The summed E-state index contributed by atoms with van der Waals surface area (Å²) in [5.74, 6) is 0.805. The van der Waals surface area contributed by atoms with Crippen LogP contribution in [0.15, 0.2) is 57.9 Å². The van der Waals surface area contributed by atoms with Gasteiger partial charge in [-0.05, 0) is 44.0 Å². The number of hydrogen-bond donors (Lipinski definition) is 0. The van der Waals surface area contributed by atoms with Gasteiger partial charge >= 0.3 is 0 Å². The summed E-state index contributed by atoms with van der Waals surface area (Å²) in [4.78, 5) is 19.3. The molecule has 9 nitrogen and oxygen atoms in total. The van der Waals surface area contributed by atoms with E-state index in [-0.39, 0.29) is 23.9 Å². The van der Waals surface area contributed by atoms with Crippen LogP contribution in [0.2, 0.25) is 0 Å². The van der Waals surface area contributed by atoms with Crippen LogP contribution in [-0.2, 0) is 21.4 Å². The third-order valence-electron chi connectivity index (χ3n) is 5.94. The van der Waals surface area contributed by atoms with Gasteiger partial charge in [0, 0.05) is 25.7 Å². The summed E-state index contributed by atoms with van der Waals surface area (Å²) in [6.07, 6.45) is 1.25. The van der Waals surface area contributed by atoms with Crippen molar-refractivity contribution in [2.75, 3.05) is 27.2 Å². The van der Waals surface area contributed by atoms with Crippen molar-refractivity contribution in [1.82, 2.24) is 19.3 Å². The topological polar surface area (TPSA) is 106 Å². The summed E-state index contributed by atoms with van der Waals surface area (Å²) in [6, 6.07) is 14.1. The van der Waals surface area contributed by atoms with Crippen LogP contribution >= 0.6 is 0 Å². The first-order valence-electron chi connectivity index (χ1n) is 11.1. The summed E-state index contributed by atoms with van der Waals surface area (Å²) < 4.78 is 38.1. The average molecular weight is 485 g/mol. The first-order valence-corrected chi connectivity index (χ1v) is 12.5. The molecule has 10 heteroatoms. The highest BCUT2D eigenvalue weighted by Gasteiger charge is 2.34. The summed E-state index contributed by atoms with van der Waals surface area (Å²) in [5, 5.41) is 4.00. The van der Waals surface area contributed by atoms with E-state index in [2.05, 4.69) is 10.1 Å². The molecule has 34 heavy (non-hydrogen) atoms. The van der Waals surface area contributed by atoms with E-state index >= 15 is 0 Å². The van der Waals surface area contributed by atoms with Gasteiger partial charge in [-0.1, -0.05) is 35.0 Å². The van der Waals surface area contributed by atoms with Crippen LogP contribution in [0.4, 0.5) is 0 Å². The zero-order chi connectivity index (χ0) is 24.3. The quantitative estimate of drug-likeness (QED) is 0.507. The third kappa shape index (κ3) is 5.13. The number of aromatic nitrogens is 2.